The first-order valence-corrected chi connectivity index (χ1v) is 9.15. The Kier molecular flexibility index (Phi) is 5.98. The lowest BCUT2D eigenvalue weighted by molar-refractivity contribution is 0.0636. The topological polar surface area (TPSA) is 84.5 Å². The van der Waals surface area contributed by atoms with Gasteiger partial charge in [0.15, 0.2) is 0 Å². The van der Waals surface area contributed by atoms with Crippen LogP contribution in [0.2, 0.25) is 0 Å². The third kappa shape index (κ3) is 7.83. The molecule has 0 bridgehead atoms. The third-order valence-electron chi connectivity index (χ3n) is 2.57. The number of sulfone groups is 1. The summed E-state index contributed by atoms with van der Waals surface area (Å²) in [7, 11) is -3.18. The summed E-state index contributed by atoms with van der Waals surface area (Å²) in [5, 5.41) is 5.28. The number of anilines is 2. The second-order valence-electron chi connectivity index (χ2n) is 6.46. The highest BCUT2D eigenvalue weighted by molar-refractivity contribution is 7.90. The monoisotopic (exact) mass is 346 g/mol. The fourth-order valence-electron chi connectivity index (χ4n) is 1.90. The lowest BCUT2D eigenvalue weighted by atomic mass is 10.2. The zero-order valence-electron chi connectivity index (χ0n) is 13.9. The van der Waals surface area contributed by atoms with Crippen LogP contribution in [0.4, 0.5) is 20.6 Å². The quantitative estimate of drug-likeness (QED) is 0.856. The molecule has 0 aromatic heterocycles. The van der Waals surface area contributed by atoms with E-state index in [4.69, 9.17) is 4.74 Å². The Labute approximate surface area is 136 Å². The molecule has 0 aliphatic rings. The maximum atomic E-state index is 13.8. The van der Waals surface area contributed by atoms with Crippen molar-refractivity contribution in [3.05, 3.63) is 24.0 Å². The number of hydrogen-bond donors (Lipinski definition) is 2. The molecule has 130 valence electrons. The van der Waals surface area contributed by atoms with Crippen LogP contribution in [0, 0.1) is 5.82 Å². The van der Waals surface area contributed by atoms with Crippen molar-refractivity contribution in [3.63, 3.8) is 0 Å². The Balaban J connectivity index is 2.81. The van der Waals surface area contributed by atoms with E-state index in [2.05, 4.69) is 10.6 Å². The highest BCUT2D eigenvalue weighted by Gasteiger charge is 2.17. The van der Waals surface area contributed by atoms with Crippen molar-refractivity contribution in [1.82, 2.24) is 0 Å². The minimum Gasteiger partial charge on any atom is -0.444 e. The molecule has 1 rings (SSSR count). The molecule has 1 aromatic rings. The molecular formula is C15H23FN2O4S. The Hall–Kier alpha value is -1.83. The van der Waals surface area contributed by atoms with Crippen LogP contribution in [0.1, 0.15) is 27.7 Å². The molecule has 2 N–H and O–H groups in total. The molecule has 0 aliphatic carbocycles. The Morgan fingerprint density at radius 3 is 2.48 bits per heavy atom. The van der Waals surface area contributed by atoms with Crippen molar-refractivity contribution in [2.24, 2.45) is 0 Å². The van der Waals surface area contributed by atoms with E-state index >= 15 is 0 Å². The largest absolute Gasteiger partial charge is 0.444 e. The molecule has 0 saturated heterocycles. The lowest BCUT2D eigenvalue weighted by Crippen LogP contribution is -2.27. The van der Waals surface area contributed by atoms with Gasteiger partial charge in [0.05, 0.1) is 11.4 Å². The average Bonchev–Trinajstić information content (AvgIpc) is 2.28. The third-order valence-corrected chi connectivity index (χ3v) is 3.67. The van der Waals surface area contributed by atoms with Crippen molar-refractivity contribution in [2.75, 3.05) is 22.6 Å². The first-order chi connectivity index (χ1) is 10.4. The maximum absolute atomic E-state index is 13.8. The molecular weight excluding hydrogens is 323 g/mol. The lowest BCUT2D eigenvalue weighted by Gasteiger charge is -2.20. The second-order valence-corrected chi connectivity index (χ2v) is 8.64. The normalized spacial score (nSPS) is 13.3. The second kappa shape index (κ2) is 7.16. The number of nitrogens with one attached hydrogen (secondary N) is 2. The Morgan fingerprint density at radius 1 is 1.35 bits per heavy atom. The summed E-state index contributed by atoms with van der Waals surface area (Å²) >= 11 is 0. The van der Waals surface area contributed by atoms with Gasteiger partial charge in [-0.2, -0.15) is 0 Å². The van der Waals surface area contributed by atoms with Gasteiger partial charge in [0, 0.05) is 18.0 Å². The average molecular weight is 346 g/mol. The van der Waals surface area contributed by atoms with Crippen LogP contribution < -0.4 is 10.6 Å². The van der Waals surface area contributed by atoms with Gasteiger partial charge in [0.1, 0.15) is 21.3 Å². The molecule has 0 spiro atoms. The number of ether oxygens (including phenoxy) is 1. The van der Waals surface area contributed by atoms with Crippen LogP contribution in [0.15, 0.2) is 18.2 Å². The highest BCUT2D eigenvalue weighted by atomic mass is 32.2. The van der Waals surface area contributed by atoms with Crippen LogP contribution in [0.3, 0.4) is 0 Å². The van der Waals surface area contributed by atoms with Gasteiger partial charge < -0.3 is 10.1 Å². The predicted molar refractivity (Wildman–Crippen MR) is 89.1 cm³/mol. The van der Waals surface area contributed by atoms with Crippen molar-refractivity contribution in [3.8, 4) is 0 Å². The number of halogens is 1. The molecule has 8 heteroatoms. The highest BCUT2D eigenvalue weighted by Crippen LogP contribution is 2.21. The number of carbonyl (C=O) groups excluding carboxylic acids is 1. The minimum atomic E-state index is -3.18. The number of carbonyl (C=O) groups is 1. The summed E-state index contributed by atoms with van der Waals surface area (Å²) in [5.41, 5.74) is -0.195. The van der Waals surface area contributed by atoms with Crippen LogP contribution in [-0.4, -0.2) is 38.2 Å². The van der Waals surface area contributed by atoms with E-state index in [1.165, 1.54) is 18.2 Å². The van der Waals surface area contributed by atoms with E-state index < -0.39 is 33.4 Å². The molecule has 1 unspecified atom stereocenters. The van der Waals surface area contributed by atoms with E-state index in [0.29, 0.717) is 5.69 Å². The molecule has 0 saturated carbocycles. The molecule has 6 nitrogen and oxygen atoms in total. The van der Waals surface area contributed by atoms with Crippen LogP contribution in [0.5, 0.6) is 0 Å². The van der Waals surface area contributed by atoms with E-state index in [0.717, 1.165) is 6.26 Å². The molecule has 1 atom stereocenters. The van der Waals surface area contributed by atoms with Crippen LogP contribution in [-0.2, 0) is 14.6 Å². The molecule has 23 heavy (non-hydrogen) atoms. The minimum absolute atomic E-state index is 0.106. The molecule has 0 aliphatic heterocycles. The maximum Gasteiger partial charge on any atom is 0.412 e. The van der Waals surface area contributed by atoms with Gasteiger partial charge in [-0.25, -0.2) is 17.6 Å². The van der Waals surface area contributed by atoms with Crippen molar-refractivity contribution >= 4 is 27.3 Å². The van der Waals surface area contributed by atoms with Crippen molar-refractivity contribution in [1.29, 1.82) is 0 Å². The SMILES string of the molecule is CC(CS(C)(=O)=O)Nc1cc(NC(=O)OC(C)(C)C)ccc1F. The van der Waals surface area contributed by atoms with Gasteiger partial charge in [-0.05, 0) is 45.9 Å². The fraction of sp³-hybridized carbons (Fsp3) is 0.533. The zero-order valence-corrected chi connectivity index (χ0v) is 14.8. The van der Waals surface area contributed by atoms with Crippen LogP contribution in [0.25, 0.3) is 0 Å². The molecule has 0 fully saturated rings. The number of hydrogen-bond acceptors (Lipinski definition) is 5. The summed E-state index contributed by atoms with van der Waals surface area (Å²) in [6.45, 7) is 6.83. The smallest absolute Gasteiger partial charge is 0.412 e. The molecule has 0 heterocycles. The Bertz CT molecular complexity index is 669. The number of amides is 1. The summed E-state index contributed by atoms with van der Waals surface area (Å²) in [5.74, 6) is -0.670. The van der Waals surface area contributed by atoms with Gasteiger partial charge in [-0.1, -0.05) is 0 Å². The van der Waals surface area contributed by atoms with Gasteiger partial charge in [0.2, 0.25) is 0 Å². The summed E-state index contributed by atoms with van der Waals surface area (Å²) in [4.78, 5) is 11.7. The van der Waals surface area contributed by atoms with Gasteiger partial charge >= 0.3 is 6.09 Å². The Morgan fingerprint density at radius 2 is 1.96 bits per heavy atom. The fourth-order valence-corrected chi connectivity index (χ4v) is 2.89. The summed E-state index contributed by atoms with van der Waals surface area (Å²) in [6.07, 6.45) is 0.460. The standard InChI is InChI=1S/C15H23FN2O4S/c1-10(9-23(5,20)21)17-13-8-11(6-7-12(13)16)18-14(19)22-15(2,3)4/h6-8,10,17H,9H2,1-5H3,(H,18,19). The van der Waals surface area contributed by atoms with Crippen molar-refractivity contribution < 1.29 is 22.3 Å². The summed E-state index contributed by atoms with van der Waals surface area (Å²) < 4.78 is 41.4. The van der Waals surface area contributed by atoms with Gasteiger partial charge in [-0.3, -0.25) is 5.32 Å². The van der Waals surface area contributed by atoms with Gasteiger partial charge in [-0.15, -0.1) is 0 Å². The zero-order chi connectivity index (χ0) is 17.8. The molecule has 1 amide bonds. The number of rotatable bonds is 5. The van der Waals surface area contributed by atoms with E-state index in [-0.39, 0.29) is 11.4 Å². The van der Waals surface area contributed by atoms with E-state index in [9.17, 15) is 17.6 Å². The first kappa shape index (κ1) is 19.2. The molecule has 0 radical (unpaired) electrons. The predicted octanol–water partition coefficient (Wildman–Crippen LogP) is 3.02. The first-order valence-electron chi connectivity index (χ1n) is 7.09. The van der Waals surface area contributed by atoms with Gasteiger partial charge in [0.25, 0.3) is 0 Å². The van der Waals surface area contributed by atoms with E-state index in [1.807, 2.05) is 0 Å². The van der Waals surface area contributed by atoms with E-state index in [1.54, 1.807) is 27.7 Å². The summed E-state index contributed by atoms with van der Waals surface area (Å²) in [6, 6.07) is 3.49. The van der Waals surface area contributed by atoms with Crippen LogP contribution >= 0.6 is 0 Å². The van der Waals surface area contributed by atoms with Crippen molar-refractivity contribution in [2.45, 2.75) is 39.3 Å². The molecule has 1 aromatic carbocycles. The number of benzene rings is 1.